The second-order valence-corrected chi connectivity index (χ2v) is 2.49. The third kappa shape index (κ3) is 10.9. The first kappa shape index (κ1) is 11.9. The Bertz CT molecular complexity index is 198. The SMILES string of the molecule is C=C=CCNCC=CCN=CCC. The van der Waals surface area contributed by atoms with E-state index in [1.807, 2.05) is 12.3 Å². The minimum absolute atomic E-state index is 0.785. The molecule has 0 saturated heterocycles. The molecule has 0 saturated carbocycles. The highest BCUT2D eigenvalue weighted by atomic mass is 14.8. The van der Waals surface area contributed by atoms with Crippen molar-refractivity contribution in [3.8, 4) is 0 Å². The van der Waals surface area contributed by atoms with Crippen LogP contribution in [0.3, 0.4) is 0 Å². The van der Waals surface area contributed by atoms with E-state index in [-0.39, 0.29) is 0 Å². The molecule has 0 spiro atoms. The highest BCUT2D eigenvalue weighted by Crippen LogP contribution is 1.75. The van der Waals surface area contributed by atoms with E-state index >= 15 is 0 Å². The van der Waals surface area contributed by atoms with E-state index in [4.69, 9.17) is 0 Å². The average molecular weight is 178 g/mol. The molecule has 72 valence electrons. The summed E-state index contributed by atoms with van der Waals surface area (Å²) >= 11 is 0. The monoisotopic (exact) mass is 178 g/mol. The highest BCUT2D eigenvalue weighted by molar-refractivity contribution is 5.56. The van der Waals surface area contributed by atoms with Crippen molar-refractivity contribution < 1.29 is 0 Å². The lowest BCUT2D eigenvalue weighted by Gasteiger charge is -1.92. The van der Waals surface area contributed by atoms with Crippen LogP contribution < -0.4 is 5.32 Å². The van der Waals surface area contributed by atoms with Crippen LogP contribution in [0.25, 0.3) is 0 Å². The molecular weight excluding hydrogens is 160 g/mol. The Hall–Kier alpha value is -1.11. The Balaban J connectivity index is 3.21. The summed E-state index contributed by atoms with van der Waals surface area (Å²) in [6, 6.07) is 0. The van der Waals surface area contributed by atoms with Gasteiger partial charge in [-0.2, -0.15) is 0 Å². The molecular formula is C11H18N2. The maximum Gasteiger partial charge on any atom is 0.0566 e. The molecule has 0 amide bonds. The van der Waals surface area contributed by atoms with Gasteiger partial charge in [0.25, 0.3) is 0 Å². The smallest absolute Gasteiger partial charge is 0.0566 e. The third-order valence-corrected chi connectivity index (χ3v) is 1.34. The Morgan fingerprint density at radius 2 is 2.23 bits per heavy atom. The van der Waals surface area contributed by atoms with Gasteiger partial charge in [-0.25, -0.2) is 0 Å². The van der Waals surface area contributed by atoms with Crippen LogP contribution in [0, 0.1) is 0 Å². The molecule has 2 heteroatoms. The van der Waals surface area contributed by atoms with Gasteiger partial charge in [0.1, 0.15) is 0 Å². The first-order chi connectivity index (χ1) is 6.41. The molecule has 0 heterocycles. The van der Waals surface area contributed by atoms with Crippen LogP contribution in [0.2, 0.25) is 0 Å². The normalized spacial score (nSPS) is 10.8. The van der Waals surface area contributed by atoms with Crippen LogP contribution >= 0.6 is 0 Å². The number of nitrogens with zero attached hydrogens (tertiary/aromatic N) is 1. The minimum atomic E-state index is 0.785. The zero-order valence-electron chi connectivity index (χ0n) is 8.29. The van der Waals surface area contributed by atoms with Gasteiger partial charge in [-0.15, -0.1) is 5.73 Å². The van der Waals surface area contributed by atoms with Gasteiger partial charge >= 0.3 is 0 Å². The molecule has 0 rings (SSSR count). The first-order valence-corrected chi connectivity index (χ1v) is 4.60. The van der Waals surface area contributed by atoms with Gasteiger partial charge in [-0.1, -0.05) is 25.7 Å². The average Bonchev–Trinajstić information content (AvgIpc) is 2.16. The Labute approximate surface area is 80.8 Å². The van der Waals surface area contributed by atoms with E-state index in [2.05, 4.69) is 41.7 Å². The molecule has 0 aromatic carbocycles. The van der Waals surface area contributed by atoms with Gasteiger partial charge < -0.3 is 5.32 Å². The second-order valence-electron chi connectivity index (χ2n) is 2.49. The topological polar surface area (TPSA) is 24.4 Å². The summed E-state index contributed by atoms with van der Waals surface area (Å²) in [6.07, 6.45) is 8.93. The molecule has 1 N–H and O–H groups in total. The van der Waals surface area contributed by atoms with Crippen molar-refractivity contribution in [2.45, 2.75) is 13.3 Å². The molecule has 13 heavy (non-hydrogen) atoms. The van der Waals surface area contributed by atoms with Gasteiger partial charge in [0.15, 0.2) is 0 Å². The van der Waals surface area contributed by atoms with E-state index in [0.717, 1.165) is 26.1 Å². The van der Waals surface area contributed by atoms with Crippen LogP contribution in [-0.2, 0) is 0 Å². The van der Waals surface area contributed by atoms with Crippen molar-refractivity contribution in [1.29, 1.82) is 0 Å². The molecule has 0 bridgehead atoms. The number of aliphatic imine (C=N–C) groups is 1. The van der Waals surface area contributed by atoms with E-state index in [1.54, 1.807) is 0 Å². The van der Waals surface area contributed by atoms with Crippen molar-refractivity contribution in [3.63, 3.8) is 0 Å². The summed E-state index contributed by atoms with van der Waals surface area (Å²) in [5.41, 5.74) is 2.70. The first-order valence-electron chi connectivity index (χ1n) is 4.60. The third-order valence-electron chi connectivity index (χ3n) is 1.34. The van der Waals surface area contributed by atoms with Crippen molar-refractivity contribution >= 4 is 6.21 Å². The summed E-state index contributed by atoms with van der Waals surface area (Å²) in [6.45, 7) is 8.04. The predicted molar refractivity (Wildman–Crippen MR) is 59.4 cm³/mol. The van der Waals surface area contributed by atoms with Gasteiger partial charge in [-0.3, -0.25) is 4.99 Å². The Morgan fingerprint density at radius 1 is 1.38 bits per heavy atom. The quantitative estimate of drug-likeness (QED) is 0.274. The van der Waals surface area contributed by atoms with Gasteiger partial charge in [-0.05, 0) is 18.7 Å². The molecule has 0 fully saturated rings. The number of hydrogen-bond acceptors (Lipinski definition) is 2. The maximum atomic E-state index is 4.15. The summed E-state index contributed by atoms with van der Waals surface area (Å²) in [4.78, 5) is 4.15. The second kappa shape index (κ2) is 10.9. The van der Waals surface area contributed by atoms with Gasteiger partial charge in [0, 0.05) is 13.1 Å². The zero-order valence-corrected chi connectivity index (χ0v) is 8.29. The van der Waals surface area contributed by atoms with E-state index in [9.17, 15) is 0 Å². The lowest BCUT2D eigenvalue weighted by atomic mass is 10.4. The fraction of sp³-hybridized carbons (Fsp3) is 0.455. The Kier molecular flexibility index (Phi) is 9.96. The molecule has 0 aromatic heterocycles. The molecule has 0 aromatic rings. The fourth-order valence-electron chi connectivity index (χ4n) is 0.733. The lowest BCUT2D eigenvalue weighted by Crippen LogP contribution is -2.12. The summed E-state index contributed by atoms with van der Waals surface area (Å²) in [5.74, 6) is 0. The molecule has 0 unspecified atom stereocenters. The zero-order chi connectivity index (χ0) is 9.78. The number of rotatable bonds is 7. The van der Waals surface area contributed by atoms with Crippen molar-refractivity contribution in [3.05, 3.63) is 30.5 Å². The molecule has 0 radical (unpaired) electrons. The number of hydrogen-bond donors (Lipinski definition) is 1. The van der Waals surface area contributed by atoms with E-state index in [1.165, 1.54) is 0 Å². The van der Waals surface area contributed by atoms with Crippen LogP contribution in [0.5, 0.6) is 0 Å². The van der Waals surface area contributed by atoms with Crippen molar-refractivity contribution in [2.24, 2.45) is 4.99 Å². The molecule has 0 atom stereocenters. The molecule has 2 nitrogen and oxygen atoms in total. The Morgan fingerprint density at radius 3 is 2.92 bits per heavy atom. The van der Waals surface area contributed by atoms with Crippen molar-refractivity contribution in [1.82, 2.24) is 5.32 Å². The standard InChI is InChI=1S/C11H18N2/c1-3-5-9-13-11-7-6-10-12-8-4-2/h5-8,13H,1,4,9-11H2,2H3. The van der Waals surface area contributed by atoms with Crippen molar-refractivity contribution in [2.75, 3.05) is 19.6 Å². The van der Waals surface area contributed by atoms with Gasteiger partial charge in [0.2, 0.25) is 0 Å². The number of nitrogens with one attached hydrogen (secondary N) is 1. The lowest BCUT2D eigenvalue weighted by molar-refractivity contribution is 0.842. The van der Waals surface area contributed by atoms with Crippen LogP contribution in [0.1, 0.15) is 13.3 Å². The highest BCUT2D eigenvalue weighted by Gasteiger charge is 1.75. The van der Waals surface area contributed by atoms with Crippen LogP contribution in [0.15, 0.2) is 35.5 Å². The summed E-state index contributed by atoms with van der Waals surface area (Å²) in [5, 5.41) is 3.18. The maximum absolute atomic E-state index is 4.15. The largest absolute Gasteiger partial charge is 0.309 e. The molecule has 0 aliphatic rings. The molecule has 0 aliphatic heterocycles. The minimum Gasteiger partial charge on any atom is -0.309 e. The van der Waals surface area contributed by atoms with E-state index < -0.39 is 0 Å². The summed E-state index contributed by atoms with van der Waals surface area (Å²) < 4.78 is 0. The summed E-state index contributed by atoms with van der Waals surface area (Å²) in [7, 11) is 0. The van der Waals surface area contributed by atoms with E-state index in [0.29, 0.717) is 0 Å². The fourth-order valence-corrected chi connectivity index (χ4v) is 0.733. The molecule has 0 aliphatic carbocycles. The van der Waals surface area contributed by atoms with Gasteiger partial charge in [0.05, 0.1) is 6.54 Å². The predicted octanol–water partition coefficient (Wildman–Crippen LogP) is 1.95. The van der Waals surface area contributed by atoms with Crippen LogP contribution in [-0.4, -0.2) is 25.8 Å². The van der Waals surface area contributed by atoms with Crippen LogP contribution in [0.4, 0.5) is 0 Å².